The van der Waals surface area contributed by atoms with Gasteiger partial charge in [0.05, 0.1) is 5.01 Å². The van der Waals surface area contributed by atoms with E-state index in [4.69, 9.17) is 5.11 Å². The van der Waals surface area contributed by atoms with Crippen LogP contribution in [-0.4, -0.2) is 39.5 Å². The highest BCUT2D eigenvalue weighted by atomic mass is 32.1. The standard InChI is InChI=1S/C15H22N2O3S/c1-10(2)14-16-12(9-21-14)15(20)17-8-4-3-5-11(17)6-7-13(18)19/h9-11H,3-8H2,1-2H3,(H,18,19). The highest BCUT2D eigenvalue weighted by Gasteiger charge is 2.29. The van der Waals surface area contributed by atoms with E-state index in [1.807, 2.05) is 10.3 Å². The lowest BCUT2D eigenvalue weighted by molar-refractivity contribution is -0.137. The number of aromatic nitrogens is 1. The van der Waals surface area contributed by atoms with Crippen LogP contribution < -0.4 is 0 Å². The van der Waals surface area contributed by atoms with E-state index in [1.54, 1.807) is 0 Å². The summed E-state index contributed by atoms with van der Waals surface area (Å²) >= 11 is 1.52. The van der Waals surface area contributed by atoms with Crippen LogP contribution in [0.5, 0.6) is 0 Å². The van der Waals surface area contributed by atoms with Crippen molar-refractivity contribution >= 4 is 23.2 Å². The molecule has 0 saturated carbocycles. The molecule has 1 amide bonds. The third-order valence-corrected chi connectivity index (χ3v) is 4.96. The first kappa shape index (κ1) is 15.9. The largest absolute Gasteiger partial charge is 0.481 e. The van der Waals surface area contributed by atoms with Crippen LogP contribution >= 0.6 is 11.3 Å². The number of piperidine rings is 1. The van der Waals surface area contributed by atoms with Gasteiger partial charge in [-0.2, -0.15) is 0 Å². The maximum atomic E-state index is 12.6. The Morgan fingerprint density at radius 3 is 2.86 bits per heavy atom. The number of hydrogen-bond acceptors (Lipinski definition) is 4. The zero-order chi connectivity index (χ0) is 15.4. The Labute approximate surface area is 129 Å². The number of carbonyl (C=O) groups excluding carboxylic acids is 1. The number of carboxylic acid groups (broad SMARTS) is 1. The molecular weight excluding hydrogens is 288 g/mol. The molecule has 1 saturated heterocycles. The van der Waals surface area contributed by atoms with Crippen LogP contribution in [0.3, 0.4) is 0 Å². The summed E-state index contributed by atoms with van der Waals surface area (Å²) in [4.78, 5) is 29.6. The lowest BCUT2D eigenvalue weighted by atomic mass is 9.97. The summed E-state index contributed by atoms with van der Waals surface area (Å²) < 4.78 is 0. The Balaban J connectivity index is 2.08. The fraction of sp³-hybridized carbons (Fsp3) is 0.667. The minimum Gasteiger partial charge on any atom is -0.481 e. The molecule has 116 valence electrons. The third-order valence-electron chi connectivity index (χ3n) is 3.81. The van der Waals surface area contributed by atoms with Crippen molar-refractivity contribution in [3.8, 4) is 0 Å². The first-order valence-electron chi connectivity index (χ1n) is 7.47. The first-order chi connectivity index (χ1) is 9.99. The van der Waals surface area contributed by atoms with Gasteiger partial charge < -0.3 is 10.0 Å². The molecule has 21 heavy (non-hydrogen) atoms. The quantitative estimate of drug-likeness (QED) is 0.907. The van der Waals surface area contributed by atoms with Crippen LogP contribution in [0.25, 0.3) is 0 Å². The van der Waals surface area contributed by atoms with Gasteiger partial charge in [0.15, 0.2) is 0 Å². The van der Waals surface area contributed by atoms with Crippen molar-refractivity contribution in [2.45, 2.75) is 57.9 Å². The Bertz CT molecular complexity index is 513. The number of likely N-dealkylation sites (tertiary alicyclic amines) is 1. The van der Waals surface area contributed by atoms with E-state index < -0.39 is 5.97 Å². The predicted octanol–water partition coefficient (Wildman–Crippen LogP) is 3.13. The molecule has 1 unspecified atom stereocenters. The fourth-order valence-electron chi connectivity index (χ4n) is 2.66. The molecule has 0 spiro atoms. The Hall–Kier alpha value is -1.43. The number of rotatable bonds is 5. The van der Waals surface area contributed by atoms with Crippen LogP contribution in [0.1, 0.15) is 67.4 Å². The smallest absolute Gasteiger partial charge is 0.303 e. The Morgan fingerprint density at radius 1 is 1.48 bits per heavy atom. The zero-order valence-corrected chi connectivity index (χ0v) is 13.4. The lowest BCUT2D eigenvalue weighted by Crippen LogP contribution is -2.44. The van der Waals surface area contributed by atoms with E-state index in [0.717, 1.165) is 24.3 Å². The van der Waals surface area contributed by atoms with Crippen LogP contribution in [0.2, 0.25) is 0 Å². The maximum absolute atomic E-state index is 12.6. The molecule has 1 aromatic rings. The maximum Gasteiger partial charge on any atom is 0.303 e. The van der Waals surface area contributed by atoms with Gasteiger partial charge in [0.2, 0.25) is 0 Å². The van der Waals surface area contributed by atoms with Gasteiger partial charge in [-0.15, -0.1) is 11.3 Å². The second-order valence-corrected chi connectivity index (χ2v) is 6.70. The number of carboxylic acids is 1. The van der Waals surface area contributed by atoms with E-state index in [-0.39, 0.29) is 18.4 Å². The molecule has 2 rings (SSSR count). The minimum atomic E-state index is -0.802. The van der Waals surface area contributed by atoms with E-state index >= 15 is 0 Å². The molecule has 0 bridgehead atoms. The molecule has 1 fully saturated rings. The number of aliphatic carboxylic acids is 1. The molecule has 2 heterocycles. The summed E-state index contributed by atoms with van der Waals surface area (Å²) in [5, 5.41) is 11.6. The molecule has 1 aromatic heterocycles. The molecule has 0 aromatic carbocycles. The number of hydrogen-bond donors (Lipinski definition) is 1. The van der Waals surface area contributed by atoms with Crippen molar-refractivity contribution in [2.24, 2.45) is 0 Å². The SMILES string of the molecule is CC(C)c1nc(C(=O)N2CCCCC2CCC(=O)O)cs1. The Kier molecular flexibility index (Phi) is 5.33. The summed E-state index contributed by atoms with van der Waals surface area (Å²) in [6.07, 6.45) is 3.57. The highest BCUT2D eigenvalue weighted by molar-refractivity contribution is 7.09. The average Bonchev–Trinajstić information content (AvgIpc) is 2.94. The zero-order valence-electron chi connectivity index (χ0n) is 12.5. The van der Waals surface area contributed by atoms with Gasteiger partial charge in [-0.25, -0.2) is 4.98 Å². The first-order valence-corrected chi connectivity index (χ1v) is 8.35. The van der Waals surface area contributed by atoms with Crippen molar-refractivity contribution in [3.05, 3.63) is 16.1 Å². The predicted molar refractivity (Wildman–Crippen MR) is 81.7 cm³/mol. The van der Waals surface area contributed by atoms with Crippen LogP contribution in [-0.2, 0) is 4.79 Å². The van der Waals surface area contributed by atoms with Gasteiger partial charge in [-0.1, -0.05) is 13.8 Å². The van der Waals surface area contributed by atoms with Crippen molar-refractivity contribution in [2.75, 3.05) is 6.54 Å². The highest BCUT2D eigenvalue weighted by Crippen LogP contribution is 2.25. The molecule has 1 aliphatic rings. The van der Waals surface area contributed by atoms with Crippen LogP contribution in [0.15, 0.2) is 5.38 Å². The summed E-state index contributed by atoms with van der Waals surface area (Å²) in [7, 11) is 0. The molecular formula is C15H22N2O3S. The molecule has 0 radical (unpaired) electrons. The third kappa shape index (κ3) is 4.03. The van der Waals surface area contributed by atoms with Gasteiger partial charge in [-0.05, 0) is 25.7 Å². The second-order valence-electron chi connectivity index (χ2n) is 5.81. The summed E-state index contributed by atoms with van der Waals surface area (Å²) in [5.41, 5.74) is 0.505. The van der Waals surface area contributed by atoms with Gasteiger partial charge >= 0.3 is 5.97 Å². The summed E-state index contributed by atoms with van der Waals surface area (Å²) in [5.74, 6) is -0.530. The number of thiazole rings is 1. The van der Waals surface area contributed by atoms with Crippen molar-refractivity contribution in [3.63, 3.8) is 0 Å². The Morgan fingerprint density at radius 2 is 2.24 bits per heavy atom. The molecule has 1 aliphatic heterocycles. The number of amides is 1. The number of carbonyl (C=O) groups is 2. The minimum absolute atomic E-state index is 0.0338. The van der Waals surface area contributed by atoms with Crippen molar-refractivity contribution < 1.29 is 14.7 Å². The van der Waals surface area contributed by atoms with Crippen LogP contribution in [0, 0.1) is 0 Å². The topological polar surface area (TPSA) is 70.5 Å². The van der Waals surface area contributed by atoms with Gasteiger partial charge in [0, 0.05) is 30.3 Å². The van der Waals surface area contributed by atoms with Gasteiger partial charge in [0.1, 0.15) is 5.69 Å². The van der Waals surface area contributed by atoms with Crippen molar-refractivity contribution in [1.82, 2.24) is 9.88 Å². The summed E-state index contributed by atoms with van der Waals surface area (Å²) in [6.45, 7) is 4.82. The normalized spacial score (nSPS) is 19.0. The van der Waals surface area contributed by atoms with E-state index in [0.29, 0.717) is 24.6 Å². The molecule has 5 nitrogen and oxygen atoms in total. The second kappa shape index (κ2) is 7.02. The molecule has 1 atom stereocenters. The fourth-order valence-corrected chi connectivity index (χ4v) is 3.47. The van der Waals surface area contributed by atoms with E-state index in [1.165, 1.54) is 11.3 Å². The molecule has 6 heteroatoms. The van der Waals surface area contributed by atoms with E-state index in [9.17, 15) is 9.59 Å². The van der Waals surface area contributed by atoms with Gasteiger partial charge in [0.25, 0.3) is 5.91 Å². The van der Waals surface area contributed by atoms with Crippen molar-refractivity contribution in [1.29, 1.82) is 0 Å². The molecule has 0 aliphatic carbocycles. The number of nitrogens with zero attached hydrogens (tertiary/aromatic N) is 2. The van der Waals surface area contributed by atoms with Crippen LogP contribution in [0.4, 0.5) is 0 Å². The van der Waals surface area contributed by atoms with Gasteiger partial charge in [-0.3, -0.25) is 9.59 Å². The summed E-state index contributed by atoms with van der Waals surface area (Å²) in [6, 6.07) is 0.0338. The molecule has 1 N–H and O–H groups in total. The van der Waals surface area contributed by atoms with E-state index in [2.05, 4.69) is 18.8 Å². The average molecular weight is 310 g/mol. The monoisotopic (exact) mass is 310 g/mol. The lowest BCUT2D eigenvalue weighted by Gasteiger charge is -2.35.